The van der Waals surface area contributed by atoms with Crippen LogP contribution in [-0.2, 0) is 9.53 Å². The smallest absolute Gasteiger partial charge is 0.303 e. The molecule has 1 fully saturated rings. The number of aliphatic carboxylic acids is 1. The monoisotopic (exact) mass is 368 g/mol. The molecule has 0 aromatic carbocycles. The highest BCUT2D eigenvalue weighted by Gasteiger charge is 2.33. The number of hydrogen-bond acceptors (Lipinski definition) is 4. The zero-order valence-corrected chi connectivity index (χ0v) is 16.4. The van der Waals surface area contributed by atoms with Crippen molar-refractivity contribution in [2.45, 2.75) is 71.5 Å². The highest BCUT2D eigenvalue weighted by atomic mass is 16.5. The fourth-order valence-corrected chi connectivity index (χ4v) is 3.41. The van der Waals surface area contributed by atoms with E-state index in [1.165, 1.54) is 0 Å². The number of hydrogen-bond donors (Lipinski definition) is 3. The van der Waals surface area contributed by atoms with Crippen LogP contribution in [-0.4, -0.2) is 46.7 Å². The van der Waals surface area contributed by atoms with Crippen LogP contribution in [0.2, 0.25) is 0 Å². The number of ether oxygens (including phenoxy) is 1. The Morgan fingerprint density at radius 1 is 1.27 bits per heavy atom. The molecule has 4 atom stereocenters. The van der Waals surface area contributed by atoms with Crippen LogP contribution >= 0.6 is 0 Å². The SMILES string of the molecule is CCOCC(C)(C)C(O)/C=C/C1CCC(O)C1CC/C=C\CCC(=O)O. The second-order valence-corrected chi connectivity index (χ2v) is 7.91. The van der Waals surface area contributed by atoms with Crippen molar-refractivity contribution in [1.82, 2.24) is 0 Å². The van der Waals surface area contributed by atoms with E-state index in [2.05, 4.69) is 6.08 Å². The molecule has 1 aliphatic rings. The Hall–Kier alpha value is -1.17. The van der Waals surface area contributed by atoms with Crippen molar-refractivity contribution in [2.24, 2.45) is 17.3 Å². The van der Waals surface area contributed by atoms with Crippen molar-refractivity contribution in [2.75, 3.05) is 13.2 Å². The van der Waals surface area contributed by atoms with Gasteiger partial charge in [-0.05, 0) is 50.9 Å². The number of carbonyl (C=O) groups is 1. The van der Waals surface area contributed by atoms with E-state index in [0.29, 0.717) is 19.6 Å². The van der Waals surface area contributed by atoms with Gasteiger partial charge in [0.25, 0.3) is 0 Å². The first-order valence-corrected chi connectivity index (χ1v) is 9.77. The van der Waals surface area contributed by atoms with Crippen LogP contribution in [0.3, 0.4) is 0 Å². The summed E-state index contributed by atoms with van der Waals surface area (Å²) in [5.74, 6) is -0.315. The molecule has 1 rings (SSSR count). The molecule has 3 N–H and O–H groups in total. The molecule has 1 aliphatic carbocycles. The van der Waals surface area contributed by atoms with Gasteiger partial charge in [-0.15, -0.1) is 0 Å². The zero-order chi connectivity index (χ0) is 19.6. The first kappa shape index (κ1) is 22.9. The van der Waals surface area contributed by atoms with Gasteiger partial charge in [0.15, 0.2) is 0 Å². The van der Waals surface area contributed by atoms with Gasteiger partial charge in [0.2, 0.25) is 0 Å². The molecule has 5 nitrogen and oxygen atoms in total. The predicted octanol–water partition coefficient (Wildman–Crippen LogP) is 3.55. The summed E-state index contributed by atoms with van der Waals surface area (Å²) in [4.78, 5) is 10.5. The number of aliphatic hydroxyl groups is 2. The molecule has 0 aromatic rings. The van der Waals surface area contributed by atoms with Crippen LogP contribution in [0, 0.1) is 17.3 Å². The second-order valence-electron chi connectivity index (χ2n) is 7.91. The molecular formula is C21H36O5. The van der Waals surface area contributed by atoms with E-state index in [0.717, 1.165) is 25.7 Å². The third-order valence-electron chi connectivity index (χ3n) is 5.22. The summed E-state index contributed by atoms with van der Waals surface area (Å²) < 4.78 is 5.45. The summed E-state index contributed by atoms with van der Waals surface area (Å²) in [5.41, 5.74) is -0.341. The molecule has 1 saturated carbocycles. The highest BCUT2D eigenvalue weighted by Crippen LogP contribution is 2.37. The number of rotatable bonds is 12. The van der Waals surface area contributed by atoms with Crippen molar-refractivity contribution in [1.29, 1.82) is 0 Å². The van der Waals surface area contributed by atoms with E-state index in [4.69, 9.17) is 9.84 Å². The summed E-state index contributed by atoms with van der Waals surface area (Å²) in [7, 11) is 0. The molecule has 26 heavy (non-hydrogen) atoms. The third-order valence-corrected chi connectivity index (χ3v) is 5.22. The van der Waals surface area contributed by atoms with Crippen molar-refractivity contribution in [3.63, 3.8) is 0 Å². The quantitative estimate of drug-likeness (QED) is 0.459. The van der Waals surface area contributed by atoms with Crippen LogP contribution in [0.4, 0.5) is 0 Å². The second kappa shape index (κ2) is 11.5. The molecule has 0 spiro atoms. The fourth-order valence-electron chi connectivity index (χ4n) is 3.41. The molecule has 0 heterocycles. The van der Waals surface area contributed by atoms with Gasteiger partial charge < -0.3 is 20.1 Å². The Morgan fingerprint density at radius 3 is 2.62 bits per heavy atom. The maximum atomic E-state index is 10.5. The first-order valence-electron chi connectivity index (χ1n) is 9.77. The van der Waals surface area contributed by atoms with E-state index >= 15 is 0 Å². The lowest BCUT2D eigenvalue weighted by Crippen LogP contribution is -2.32. The first-order chi connectivity index (χ1) is 12.3. The van der Waals surface area contributed by atoms with Crippen LogP contribution in [0.15, 0.2) is 24.3 Å². The van der Waals surface area contributed by atoms with Crippen molar-refractivity contribution in [3.8, 4) is 0 Å². The summed E-state index contributed by atoms with van der Waals surface area (Å²) in [5, 5.41) is 29.3. The molecule has 0 amide bonds. The maximum Gasteiger partial charge on any atom is 0.303 e. The van der Waals surface area contributed by atoms with E-state index < -0.39 is 12.1 Å². The average molecular weight is 369 g/mol. The van der Waals surface area contributed by atoms with Crippen LogP contribution in [0.1, 0.15) is 59.3 Å². The van der Waals surface area contributed by atoms with Crippen molar-refractivity contribution in [3.05, 3.63) is 24.3 Å². The predicted molar refractivity (Wildman–Crippen MR) is 103 cm³/mol. The molecule has 150 valence electrons. The van der Waals surface area contributed by atoms with Gasteiger partial charge >= 0.3 is 5.97 Å². The molecule has 0 saturated heterocycles. The summed E-state index contributed by atoms with van der Waals surface area (Å²) >= 11 is 0. The van der Waals surface area contributed by atoms with E-state index in [9.17, 15) is 15.0 Å². The van der Waals surface area contributed by atoms with E-state index in [1.807, 2.05) is 39.0 Å². The molecule has 4 unspecified atom stereocenters. The largest absolute Gasteiger partial charge is 0.481 e. The molecule has 0 radical (unpaired) electrons. The van der Waals surface area contributed by atoms with Crippen LogP contribution in [0.25, 0.3) is 0 Å². The van der Waals surface area contributed by atoms with Crippen molar-refractivity contribution >= 4 is 5.97 Å². The topological polar surface area (TPSA) is 87.0 Å². The zero-order valence-electron chi connectivity index (χ0n) is 16.4. The Morgan fingerprint density at radius 2 is 1.96 bits per heavy atom. The number of carboxylic acids is 1. The Kier molecular flexibility index (Phi) is 10.1. The molecule has 0 bridgehead atoms. The lowest BCUT2D eigenvalue weighted by molar-refractivity contribution is -0.136. The summed E-state index contributed by atoms with van der Waals surface area (Å²) in [6, 6.07) is 0. The molecular weight excluding hydrogens is 332 g/mol. The minimum Gasteiger partial charge on any atom is -0.481 e. The molecule has 0 aromatic heterocycles. The summed E-state index contributed by atoms with van der Waals surface area (Å²) in [6.07, 6.45) is 11.1. The van der Waals surface area contributed by atoms with Gasteiger partial charge in [-0.1, -0.05) is 38.2 Å². The summed E-state index contributed by atoms with van der Waals surface area (Å²) in [6.45, 7) is 7.06. The normalized spacial score (nSPS) is 25.3. The van der Waals surface area contributed by atoms with E-state index in [-0.39, 0.29) is 29.8 Å². The van der Waals surface area contributed by atoms with Gasteiger partial charge in [-0.25, -0.2) is 0 Å². The Bertz CT molecular complexity index is 469. The van der Waals surface area contributed by atoms with Gasteiger partial charge in [-0.2, -0.15) is 0 Å². The van der Waals surface area contributed by atoms with Gasteiger partial charge in [-0.3, -0.25) is 4.79 Å². The number of allylic oxidation sites excluding steroid dienone is 3. The van der Waals surface area contributed by atoms with Crippen LogP contribution < -0.4 is 0 Å². The number of aliphatic hydroxyl groups excluding tert-OH is 2. The Balaban J connectivity index is 2.50. The van der Waals surface area contributed by atoms with Gasteiger partial charge in [0, 0.05) is 18.4 Å². The number of carboxylic acid groups (broad SMARTS) is 1. The average Bonchev–Trinajstić information content (AvgIpc) is 2.93. The standard InChI is InChI=1S/C21H36O5/c1-4-26-15-21(2,3)19(23)14-12-16-11-13-18(22)17(16)9-7-5-6-8-10-20(24)25/h5-6,12,14,16-19,22-23H,4,7-11,13,15H2,1-3H3,(H,24,25)/b6-5-,14-12+. The Labute approximate surface area is 157 Å². The highest BCUT2D eigenvalue weighted by molar-refractivity contribution is 5.66. The van der Waals surface area contributed by atoms with Crippen LogP contribution in [0.5, 0.6) is 0 Å². The third kappa shape index (κ3) is 8.02. The lowest BCUT2D eigenvalue weighted by Gasteiger charge is -2.28. The van der Waals surface area contributed by atoms with Gasteiger partial charge in [0.1, 0.15) is 0 Å². The van der Waals surface area contributed by atoms with Gasteiger partial charge in [0.05, 0.1) is 18.8 Å². The minimum absolute atomic E-state index is 0.156. The molecule has 0 aliphatic heterocycles. The van der Waals surface area contributed by atoms with E-state index in [1.54, 1.807) is 0 Å². The van der Waals surface area contributed by atoms with Crippen molar-refractivity contribution < 1.29 is 24.9 Å². The maximum absolute atomic E-state index is 10.5. The minimum atomic E-state index is -0.781. The molecule has 5 heteroatoms. The lowest BCUT2D eigenvalue weighted by atomic mass is 9.85. The fraction of sp³-hybridized carbons (Fsp3) is 0.762.